The second kappa shape index (κ2) is 11.7. The van der Waals surface area contributed by atoms with Gasteiger partial charge < -0.3 is 18.6 Å². The van der Waals surface area contributed by atoms with Gasteiger partial charge >= 0.3 is 17.7 Å². The molecule has 0 radical (unpaired) electrons. The molecule has 218 valence electrons. The first-order valence-electron chi connectivity index (χ1n) is 13.0. The predicted molar refractivity (Wildman–Crippen MR) is 155 cm³/mol. The van der Waals surface area contributed by atoms with Crippen LogP contribution in [0.5, 0.6) is 5.75 Å². The van der Waals surface area contributed by atoms with Crippen molar-refractivity contribution in [2.45, 2.75) is 39.9 Å². The van der Waals surface area contributed by atoms with Gasteiger partial charge in [-0.2, -0.15) is 0 Å². The summed E-state index contributed by atoms with van der Waals surface area (Å²) in [5.41, 5.74) is 1.28. The van der Waals surface area contributed by atoms with E-state index in [1.54, 1.807) is 46.0 Å². The fourth-order valence-electron chi connectivity index (χ4n) is 4.45. The molecule has 0 aliphatic heterocycles. The maximum Gasteiger partial charge on any atom is 0.414 e. The average molecular weight is 574 g/mol. The molecule has 0 atom stereocenters. The minimum absolute atomic E-state index is 0.0107. The van der Waals surface area contributed by atoms with Crippen LogP contribution < -0.4 is 9.64 Å². The highest BCUT2D eigenvalue weighted by atomic mass is 16.6. The smallest absolute Gasteiger partial charge is 0.414 e. The first-order valence-corrected chi connectivity index (χ1v) is 13.0. The standard InChI is InChI=1S/C31H31N3O8/c1-19-26(29(36)41-18-20-10-8-7-9-11-20)24-17-22(32(5)30(37)42-31(2,3)4)14-15-33(24)27(19)28(35)21-12-13-23(34(38)39)25(16-21)40-6/h7-17H,18H2,1-6H3. The van der Waals surface area contributed by atoms with Crippen molar-refractivity contribution in [1.29, 1.82) is 0 Å². The Morgan fingerprint density at radius 2 is 1.71 bits per heavy atom. The van der Waals surface area contributed by atoms with Gasteiger partial charge in [-0.15, -0.1) is 0 Å². The number of rotatable bonds is 8. The van der Waals surface area contributed by atoms with E-state index in [2.05, 4.69) is 0 Å². The zero-order valence-electron chi connectivity index (χ0n) is 24.2. The number of amides is 1. The van der Waals surface area contributed by atoms with Crippen LogP contribution in [0.3, 0.4) is 0 Å². The van der Waals surface area contributed by atoms with E-state index in [9.17, 15) is 24.5 Å². The molecule has 2 heterocycles. The van der Waals surface area contributed by atoms with Crippen LogP contribution in [0.25, 0.3) is 5.52 Å². The number of pyridine rings is 1. The number of methoxy groups -OCH3 is 1. The van der Waals surface area contributed by atoms with Gasteiger partial charge in [-0.25, -0.2) is 9.59 Å². The van der Waals surface area contributed by atoms with Gasteiger partial charge in [0.2, 0.25) is 5.78 Å². The third-order valence-corrected chi connectivity index (χ3v) is 6.49. The van der Waals surface area contributed by atoms with Crippen molar-refractivity contribution in [3.8, 4) is 5.75 Å². The van der Waals surface area contributed by atoms with E-state index in [4.69, 9.17) is 14.2 Å². The summed E-state index contributed by atoms with van der Waals surface area (Å²) in [6.45, 7) is 6.90. The van der Waals surface area contributed by atoms with Crippen molar-refractivity contribution >= 4 is 34.7 Å². The van der Waals surface area contributed by atoms with Gasteiger partial charge in [-0.05, 0) is 63.1 Å². The van der Waals surface area contributed by atoms with E-state index in [-0.39, 0.29) is 34.9 Å². The van der Waals surface area contributed by atoms with E-state index in [1.165, 1.54) is 41.7 Å². The number of nitro benzene ring substituents is 1. The van der Waals surface area contributed by atoms with Crippen LogP contribution in [-0.2, 0) is 16.1 Å². The number of nitrogens with zero attached hydrogens (tertiary/aromatic N) is 3. The Kier molecular flexibility index (Phi) is 8.32. The lowest BCUT2D eigenvalue weighted by Gasteiger charge is -2.24. The fraction of sp³-hybridized carbons (Fsp3) is 0.258. The fourth-order valence-corrected chi connectivity index (χ4v) is 4.45. The molecular weight excluding hydrogens is 542 g/mol. The number of hydrogen-bond donors (Lipinski definition) is 0. The summed E-state index contributed by atoms with van der Waals surface area (Å²) in [7, 11) is 2.82. The van der Waals surface area contributed by atoms with Crippen LogP contribution in [0.2, 0.25) is 0 Å². The number of benzene rings is 2. The zero-order valence-corrected chi connectivity index (χ0v) is 24.2. The summed E-state index contributed by atoms with van der Waals surface area (Å²) in [6.07, 6.45) is 0.972. The monoisotopic (exact) mass is 573 g/mol. The molecule has 0 aliphatic rings. The number of anilines is 1. The van der Waals surface area contributed by atoms with E-state index in [0.29, 0.717) is 16.8 Å². The van der Waals surface area contributed by atoms with Crippen LogP contribution in [0.1, 0.15) is 58.3 Å². The molecule has 4 aromatic rings. The number of hydrogen-bond acceptors (Lipinski definition) is 8. The minimum Gasteiger partial charge on any atom is -0.490 e. The van der Waals surface area contributed by atoms with Crippen molar-refractivity contribution in [3.63, 3.8) is 0 Å². The topological polar surface area (TPSA) is 130 Å². The summed E-state index contributed by atoms with van der Waals surface area (Å²) in [5.74, 6) is -1.23. The van der Waals surface area contributed by atoms with Gasteiger partial charge in [0.15, 0.2) is 5.75 Å². The highest BCUT2D eigenvalue weighted by molar-refractivity contribution is 6.13. The highest BCUT2D eigenvalue weighted by Gasteiger charge is 2.29. The van der Waals surface area contributed by atoms with Crippen LogP contribution >= 0.6 is 0 Å². The maximum atomic E-state index is 13.8. The van der Waals surface area contributed by atoms with Gasteiger partial charge in [0.25, 0.3) is 0 Å². The molecule has 0 bridgehead atoms. The number of ketones is 1. The number of ether oxygens (including phenoxy) is 3. The van der Waals surface area contributed by atoms with Gasteiger partial charge in [0.05, 0.1) is 34.5 Å². The number of aromatic nitrogens is 1. The number of nitro groups is 1. The molecular formula is C31H31N3O8. The molecule has 0 fully saturated rings. The number of carbonyl (C=O) groups excluding carboxylic acids is 3. The third-order valence-electron chi connectivity index (χ3n) is 6.49. The second-order valence-electron chi connectivity index (χ2n) is 10.6. The Morgan fingerprint density at radius 1 is 1.02 bits per heavy atom. The quantitative estimate of drug-likeness (QED) is 0.107. The Bertz CT molecular complexity index is 1690. The largest absolute Gasteiger partial charge is 0.490 e. The number of carbonyl (C=O) groups is 3. The molecule has 0 aliphatic carbocycles. The maximum absolute atomic E-state index is 13.8. The molecule has 11 nitrogen and oxygen atoms in total. The summed E-state index contributed by atoms with van der Waals surface area (Å²) >= 11 is 0. The molecule has 0 saturated carbocycles. The van der Waals surface area contributed by atoms with Crippen LogP contribution in [-0.4, -0.2) is 46.9 Å². The van der Waals surface area contributed by atoms with Crippen molar-refractivity contribution in [2.75, 3.05) is 19.1 Å². The third kappa shape index (κ3) is 6.09. The normalized spacial score (nSPS) is 11.2. The van der Waals surface area contributed by atoms with E-state index in [0.717, 1.165) is 5.56 Å². The second-order valence-corrected chi connectivity index (χ2v) is 10.6. The number of fused-ring (bicyclic) bond motifs is 1. The van der Waals surface area contributed by atoms with Crippen LogP contribution in [0, 0.1) is 17.0 Å². The molecule has 11 heteroatoms. The van der Waals surface area contributed by atoms with Crippen molar-refractivity contribution in [2.24, 2.45) is 0 Å². The summed E-state index contributed by atoms with van der Waals surface area (Å²) in [4.78, 5) is 52.2. The van der Waals surface area contributed by atoms with Crippen molar-refractivity contribution < 1.29 is 33.5 Å². The van der Waals surface area contributed by atoms with E-state index < -0.39 is 28.4 Å². The van der Waals surface area contributed by atoms with Gasteiger partial charge in [-0.3, -0.25) is 19.8 Å². The lowest BCUT2D eigenvalue weighted by atomic mass is 10.0. The molecule has 0 unspecified atom stereocenters. The minimum atomic E-state index is -0.723. The van der Waals surface area contributed by atoms with E-state index in [1.807, 2.05) is 30.3 Å². The average Bonchev–Trinajstić information content (AvgIpc) is 3.25. The first kappa shape index (κ1) is 29.8. The lowest BCUT2D eigenvalue weighted by Crippen LogP contribution is -2.34. The molecule has 0 N–H and O–H groups in total. The molecule has 2 aromatic heterocycles. The number of esters is 1. The highest BCUT2D eigenvalue weighted by Crippen LogP contribution is 2.32. The zero-order chi connectivity index (χ0) is 30.8. The summed E-state index contributed by atoms with van der Waals surface area (Å²) in [6, 6.07) is 16.2. The molecule has 2 aromatic carbocycles. The van der Waals surface area contributed by atoms with E-state index >= 15 is 0 Å². The Balaban J connectivity index is 1.83. The molecule has 42 heavy (non-hydrogen) atoms. The Hall–Kier alpha value is -5.19. The van der Waals surface area contributed by atoms with Gasteiger partial charge in [0.1, 0.15) is 12.2 Å². The summed E-state index contributed by atoms with van der Waals surface area (Å²) in [5, 5.41) is 11.4. The summed E-state index contributed by atoms with van der Waals surface area (Å²) < 4.78 is 17.8. The lowest BCUT2D eigenvalue weighted by molar-refractivity contribution is -0.385. The SMILES string of the molecule is COc1cc(C(=O)c2c(C)c(C(=O)OCc3ccccc3)c3cc(N(C)C(=O)OC(C)(C)C)ccn23)ccc1[N+](=O)[O-]. The Labute approximate surface area is 242 Å². The molecule has 0 spiro atoms. The van der Waals surface area contributed by atoms with Crippen molar-refractivity contribution in [3.05, 3.63) is 105 Å². The Morgan fingerprint density at radius 3 is 2.33 bits per heavy atom. The van der Waals surface area contributed by atoms with Crippen molar-refractivity contribution in [1.82, 2.24) is 4.40 Å². The predicted octanol–water partition coefficient (Wildman–Crippen LogP) is 6.12. The van der Waals surface area contributed by atoms with Gasteiger partial charge in [0, 0.05) is 24.9 Å². The van der Waals surface area contributed by atoms with Gasteiger partial charge in [-0.1, -0.05) is 30.3 Å². The van der Waals surface area contributed by atoms with Crippen LogP contribution in [0.15, 0.2) is 66.9 Å². The molecule has 1 amide bonds. The molecule has 0 saturated heterocycles. The molecule has 4 rings (SSSR count). The van der Waals surface area contributed by atoms with Crippen LogP contribution in [0.4, 0.5) is 16.2 Å². The first-order chi connectivity index (χ1) is 19.8.